The highest BCUT2D eigenvalue weighted by Gasteiger charge is 2.17. The zero-order valence-corrected chi connectivity index (χ0v) is 15.4. The Labute approximate surface area is 149 Å². The maximum atomic E-state index is 12.3. The molecule has 0 fully saturated rings. The summed E-state index contributed by atoms with van der Waals surface area (Å²) in [5.41, 5.74) is 1.35. The fourth-order valence-electron chi connectivity index (χ4n) is 2.65. The van der Waals surface area contributed by atoms with Gasteiger partial charge in [-0.15, -0.1) is 0 Å². The van der Waals surface area contributed by atoms with E-state index in [2.05, 4.69) is 29.3 Å². The van der Waals surface area contributed by atoms with Crippen LogP contribution in [0.3, 0.4) is 0 Å². The average Bonchev–Trinajstić information content (AvgIpc) is 2.61. The first-order valence-corrected chi connectivity index (χ1v) is 10.2. The molecule has 25 heavy (non-hydrogen) atoms. The van der Waals surface area contributed by atoms with E-state index in [1.165, 1.54) is 12.1 Å². The van der Waals surface area contributed by atoms with E-state index in [1.807, 2.05) is 18.2 Å². The highest BCUT2D eigenvalue weighted by molar-refractivity contribution is 7.90. The Morgan fingerprint density at radius 1 is 1.04 bits per heavy atom. The van der Waals surface area contributed by atoms with Gasteiger partial charge in [0.05, 0.1) is 10.5 Å². The molecule has 2 aromatic carbocycles. The second-order valence-corrected chi connectivity index (χ2v) is 7.78. The number of anilines is 1. The minimum Gasteiger partial charge on any atom is -0.372 e. The van der Waals surface area contributed by atoms with Crippen LogP contribution in [-0.4, -0.2) is 40.2 Å². The summed E-state index contributed by atoms with van der Waals surface area (Å²) in [7, 11) is -3.43. The molecule has 0 bridgehead atoms. The lowest BCUT2D eigenvalue weighted by molar-refractivity contribution is 0.0950. The topological polar surface area (TPSA) is 66.5 Å². The molecular formula is C19H24N2O3S. The Bertz CT molecular complexity index is 804. The van der Waals surface area contributed by atoms with Gasteiger partial charge in [0.2, 0.25) is 0 Å². The molecule has 0 aliphatic carbocycles. The van der Waals surface area contributed by atoms with E-state index in [1.54, 1.807) is 12.1 Å². The lowest BCUT2D eigenvalue weighted by Gasteiger charge is -2.23. The molecule has 0 saturated heterocycles. The van der Waals surface area contributed by atoms with Gasteiger partial charge in [-0.2, -0.15) is 0 Å². The number of carbonyl (C=O) groups is 1. The van der Waals surface area contributed by atoms with Crippen LogP contribution in [0.2, 0.25) is 0 Å². The van der Waals surface area contributed by atoms with Crippen LogP contribution in [0.1, 0.15) is 23.7 Å². The number of carbonyl (C=O) groups excluding carboxylic acids is 1. The summed E-state index contributed by atoms with van der Waals surface area (Å²) in [6.45, 7) is 4.28. The first kappa shape index (κ1) is 19.0. The van der Waals surface area contributed by atoms with Crippen LogP contribution in [0.25, 0.3) is 0 Å². The Hall–Kier alpha value is -2.34. The first-order chi connectivity index (χ1) is 11.9. The molecule has 2 rings (SSSR count). The van der Waals surface area contributed by atoms with E-state index in [0.717, 1.165) is 31.5 Å². The molecule has 0 spiro atoms. The quantitative estimate of drug-likeness (QED) is 0.735. The summed E-state index contributed by atoms with van der Waals surface area (Å²) in [6.07, 6.45) is 1.88. The van der Waals surface area contributed by atoms with Gasteiger partial charge in [-0.05, 0) is 37.6 Å². The van der Waals surface area contributed by atoms with Crippen LogP contribution in [-0.2, 0) is 9.84 Å². The number of nitrogens with zero attached hydrogens (tertiary/aromatic N) is 1. The van der Waals surface area contributed by atoms with E-state index in [4.69, 9.17) is 0 Å². The van der Waals surface area contributed by atoms with Crippen LogP contribution < -0.4 is 10.2 Å². The van der Waals surface area contributed by atoms with Crippen molar-refractivity contribution in [1.82, 2.24) is 5.32 Å². The van der Waals surface area contributed by atoms with Gasteiger partial charge in [-0.25, -0.2) is 8.42 Å². The summed E-state index contributed by atoms with van der Waals surface area (Å²) in [5.74, 6) is -0.358. The van der Waals surface area contributed by atoms with Crippen molar-refractivity contribution in [2.75, 3.05) is 30.8 Å². The molecule has 0 unspecified atom stereocenters. The second kappa shape index (κ2) is 8.67. The maximum absolute atomic E-state index is 12.3. The number of para-hydroxylation sites is 1. The van der Waals surface area contributed by atoms with Crippen LogP contribution in [0, 0.1) is 0 Å². The van der Waals surface area contributed by atoms with Crippen molar-refractivity contribution in [2.45, 2.75) is 18.2 Å². The van der Waals surface area contributed by atoms with Crippen molar-refractivity contribution in [3.63, 3.8) is 0 Å². The standard InChI is InChI=1S/C19H24N2O3S/c1-3-21(16-10-5-4-6-11-16)15-9-14-20-19(22)17-12-7-8-13-18(17)25(2,23)24/h4-8,10-13H,3,9,14-15H2,1-2H3,(H,20,22). The molecule has 0 aromatic heterocycles. The third kappa shape index (κ3) is 5.32. The molecule has 0 aliphatic heterocycles. The summed E-state index contributed by atoms with van der Waals surface area (Å²) >= 11 is 0. The van der Waals surface area contributed by atoms with Crippen LogP contribution in [0.5, 0.6) is 0 Å². The molecule has 0 aliphatic rings. The molecule has 6 heteroatoms. The molecule has 134 valence electrons. The molecule has 0 radical (unpaired) electrons. The molecular weight excluding hydrogens is 336 g/mol. The molecule has 2 aromatic rings. The Balaban J connectivity index is 1.91. The van der Waals surface area contributed by atoms with E-state index >= 15 is 0 Å². The predicted molar refractivity (Wildman–Crippen MR) is 101 cm³/mol. The Morgan fingerprint density at radius 3 is 2.32 bits per heavy atom. The third-order valence-electron chi connectivity index (χ3n) is 3.92. The van der Waals surface area contributed by atoms with Crippen LogP contribution >= 0.6 is 0 Å². The Morgan fingerprint density at radius 2 is 1.68 bits per heavy atom. The normalized spacial score (nSPS) is 11.1. The van der Waals surface area contributed by atoms with E-state index in [9.17, 15) is 13.2 Å². The minimum atomic E-state index is -3.43. The lowest BCUT2D eigenvalue weighted by atomic mass is 10.2. The highest BCUT2D eigenvalue weighted by atomic mass is 32.2. The number of sulfone groups is 1. The summed E-state index contributed by atoms with van der Waals surface area (Å²) in [6, 6.07) is 16.4. The van der Waals surface area contributed by atoms with Gasteiger partial charge in [0.15, 0.2) is 9.84 Å². The van der Waals surface area contributed by atoms with Crippen molar-refractivity contribution in [2.24, 2.45) is 0 Å². The Kier molecular flexibility index (Phi) is 6.58. The lowest BCUT2D eigenvalue weighted by Crippen LogP contribution is -2.30. The van der Waals surface area contributed by atoms with E-state index in [-0.39, 0.29) is 16.4 Å². The van der Waals surface area contributed by atoms with E-state index in [0.29, 0.717) is 6.54 Å². The summed E-state index contributed by atoms with van der Waals surface area (Å²) < 4.78 is 23.6. The molecule has 0 saturated carbocycles. The predicted octanol–water partition coefficient (Wildman–Crippen LogP) is 2.74. The van der Waals surface area contributed by atoms with Gasteiger partial charge < -0.3 is 10.2 Å². The zero-order chi connectivity index (χ0) is 18.3. The number of nitrogens with one attached hydrogen (secondary N) is 1. The highest BCUT2D eigenvalue weighted by Crippen LogP contribution is 2.15. The monoisotopic (exact) mass is 360 g/mol. The van der Waals surface area contributed by atoms with Crippen LogP contribution in [0.4, 0.5) is 5.69 Å². The molecule has 0 atom stereocenters. The number of hydrogen-bond donors (Lipinski definition) is 1. The first-order valence-electron chi connectivity index (χ1n) is 8.30. The fraction of sp³-hybridized carbons (Fsp3) is 0.316. The summed E-state index contributed by atoms with van der Waals surface area (Å²) in [4.78, 5) is 14.6. The smallest absolute Gasteiger partial charge is 0.252 e. The molecule has 5 nitrogen and oxygen atoms in total. The number of amides is 1. The number of rotatable bonds is 8. The molecule has 1 amide bonds. The van der Waals surface area contributed by atoms with Gasteiger partial charge in [0.25, 0.3) is 5.91 Å². The maximum Gasteiger partial charge on any atom is 0.252 e. The summed E-state index contributed by atoms with van der Waals surface area (Å²) in [5, 5.41) is 2.81. The largest absolute Gasteiger partial charge is 0.372 e. The SMILES string of the molecule is CCN(CCCNC(=O)c1ccccc1S(C)(=O)=O)c1ccccc1. The van der Waals surface area contributed by atoms with Gasteiger partial charge in [0.1, 0.15) is 0 Å². The fourth-order valence-corrected chi connectivity index (χ4v) is 3.54. The van der Waals surface area contributed by atoms with Gasteiger partial charge in [-0.3, -0.25) is 4.79 Å². The van der Waals surface area contributed by atoms with Crippen molar-refractivity contribution >= 4 is 21.4 Å². The minimum absolute atomic E-state index is 0.0620. The molecule has 1 N–H and O–H groups in total. The third-order valence-corrected chi connectivity index (χ3v) is 5.08. The number of hydrogen-bond acceptors (Lipinski definition) is 4. The van der Waals surface area contributed by atoms with Crippen molar-refractivity contribution in [1.29, 1.82) is 0 Å². The van der Waals surface area contributed by atoms with Crippen molar-refractivity contribution in [3.05, 3.63) is 60.2 Å². The zero-order valence-electron chi connectivity index (χ0n) is 14.6. The molecule has 0 heterocycles. The van der Waals surface area contributed by atoms with Gasteiger partial charge >= 0.3 is 0 Å². The number of benzene rings is 2. The van der Waals surface area contributed by atoms with Gasteiger partial charge in [0, 0.05) is 31.6 Å². The van der Waals surface area contributed by atoms with Crippen molar-refractivity contribution in [3.8, 4) is 0 Å². The average molecular weight is 360 g/mol. The second-order valence-electron chi connectivity index (χ2n) is 5.79. The van der Waals surface area contributed by atoms with Gasteiger partial charge in [-0.1, -0.05) is 30.3 Å². The van der Waals surface area contributed by atoms with E-state index < -0.39 is 9.84 Å². The van der Waals surface area contributed by atoms with Crippen molar-refractivity contribution < 1.29 is 13.2 Å². The van der Waals surface area contributed by atoms with Crippen LogP contribution in [0.15, 0.2) is 59.5 Å².